The van der Waals surface area contributed by atoms with E-state index in [2.05, 4.69) is 19.1 Å². The first-order chi connectivity index (χ1) is 16.2. The lowest BCUT2D eigenvalue weighted by molar-refractivity contribution is -0.143. The molecule has 0 fully saturated rings. The van der Waals surface area contributed by atoms with E-state index in [4.69, 9.17) is 9.47 Å². The second-order valence-electron chi connectivity index (χ2n) is 9.11. The minimum Gasteiger partial charge on any atom is -0.505 e. The number of carbonyl (C=O) groups excluding carboxylic acids is 1. The molecule has 1 N–H and O–H groups in total. The summed E-state index contributed by atoms with van der Waals surface area (Å²) < 4.78 is 10.8. The molecule has 4 heteroatoms. The number of rotatable bonds is 19. The number of ether oxygens (including phenoxy) is 2. The molecule has 0 radical (unpaired) electrons. The molecule has 184 valence electrons. The molecule has 4 nitrogen and oxygen atoms in total. The summed E-state index contributed by atoms with van der Waals surface area (Å²) >= 11 is 0. The van der Waals surface area contributed by atoms with E-state index in [-0.39, 0.29) is 18.1 Å². The number of cyclic esters (lactones) is 1. The monoisotopic (exact) mass is 456 g/mol. The Morgan fingerprint density at radius 1 is 0.848 bits per heavy atom. The Morgan fingerprint density at radius 3 is 2.06 bits per heavy atom. The number of aliphatic hydroxyl groups excluding tert-OH is 1. The van der Waals surface area contributed by atoms with Gasteiger partial charge in [0.2, 0.25) is 5.76 Å². The van der Waals surface area contributed by atoms with E-state index in [0.29, 0.717) is 6.42 Å². The van der Waals surface area contributed by atoms with Crippen molar-refractivity contribution in [1.82, 2.24) is 0 Å². The van der Waals surface area contributed by atoms with Crippen LogP contribution < -0.4 is 0 Å². The van der Waals surface area contributed by atoms with Crippen molar-refractivity contribution < 1.29 is 19.4 Å². The van der Waals surface area contributed by atoms with Gasteiger partial charge in [0, 0.05) is 0 Å². The fourth-order valence-corrected chi connectivity index (χ4v) is 4.13. The molecule has 1 aromatic rings. The highest BCUT2D eigenvalue weighted by Gasteiger charge is 2.35. The summed E-state index contributed by atoms with van der Waals surface area (Å²) in [7, 11) is 0. The number of esters is 1. The number of benzene rings is 1. The molecule has 1 aromatic carbocycles. The Labute approximate surface area is 201 Å². The van der Waals surface area contributed by atoms with Crippen molar-refractivity contribution in [2.45, 2.75) is 116 Å². The van der Waals surface area contributed by atoms with Crippen LogP contribution in [0.1, 0.15) is 109 Å². The highest BCUT2D eigenvalue weighted by Crippen LogP contribution is 2.26. The molecular formula is C29H44O4. The molecule has 0 spiro atoms. The summed E-state index contributed by atoms with van der Waals surface area (Å²) in [6, 6.07) is 9.57. The van der Waals surface area contributed by atoms with Crippen molar-refractivity contribution in [3.8, 4) is 0 Å². The van der Waals surface area contributed by atoms with Gasteiger partial charge in [0.25, 0.3) is 0 Å². The number of allylic oxidation sites excluding steroid dienone is 2. The van der Waals surface area contributed by atoms with E-state index in [9.17, 15) is 9.90 Å². The van der Waals surface area contributed by atoms with E-state index in [1.165, 1.54) is 77.0 Å². The number of aliphatic hydroxyl groups is 1. The maximum Gasteiger partial charge on any atom is 0.378 e. The maximum absolute atomic E-state index is 12.0. The summed E-state index contributed by atoms with van der Waals surface area (Å²) in [5, 5.41) is 10.3. The van der Waals surface area contributed by atoms with Crippen molar-refractivity contribution in [3.05, 3.63) is 59.6 Å². The summed E-state index contributed by atoms with van der Waals surface area (Å²) in [4.78, 5) is 12.0. The molecule has 0 saturated carbocycles. The molecule has 1 heterocycles. The first-order valence-corrected chi connectivity index (χ1v) is 13.2. The Balaban J connectivity index is 1.47. The zero-order valence-corrected chi connectivity index (χ0v) is 20.6. The largest absolute Gasteiger partial charge is 0.505 e. The van der Waals surface area contributed by atoms with Gasteiger partial charge in [0.15, 0.2) is 11.9 Å². The van der Waals surface area contributed by atoms with Crippen LogP contribution >= 0.6 is 0 Å². The van der Waals surface area contributed by atoms with Gasteiger partial charge in [-0.2, -0.15) is 0 Å². The lowest BCUT2D eigenvalue weighted by atomic mass is 10.0. The molecule has 0 aromatic heterocycles. The Hall–Kier alpha value is -2.23. The predicted molar refractivity (Wildman–Crippen MR) is 135 cm³/mol. The van der Waals surface area contributed by atoms with Gasteiger partial charge in [-0.15, -0.1) is 0 Å². The molecular weight excluding hydrogens is 412 g/mol. The fourth-order valence-electron chi connectivity index (χ4n) is 4.13. The van der Waals surface area contributed by atoms with Crippen LogP contribution in [-0.2, 0) is 20.9 Å². The van der Waals surface area contributed by atoms with Crippen LogP contribution in [0.2, 0.25) is 0 Å². The fraction of sp³-hybridized carbons (Fsp3) is 0.621. The van der Waals surface area contributed by atoms with E-state index in [1.54, 1.807) is 0 Å². The third kappa shape index (κ3) is 11.5. The van der Waals surface area contributed by atoms with E-state index < -0.39 is 12.1 Å². The van der Waals surface area contributed by atoms with Crippen molar-refractivity contribution in [2.75, 3.05) is 0 Å². The second-order valence-corrected chi connectivity index (χ2v) is 9.11. The van der Waals surface area contributed by atoms with E-state index in [1.807, 2.05) is 30.3 Å². The average Bonchev–Trinajstić information content (AvgIpc) is 3.10. The van der Waals surface area contributed by atoms with E-state index >= 15 is 0 Å². The number of hydrogen-bond acceptors (Lipinski definition) is 4. The van der Waals surface area contributed by atoms with Crippen molar-refractivity contribution >= 4 is 5.97 Å². The molecule has 1 atom stereocenters. The summed E-state index contributed by atoms with van der Waals surface area (Å²) in [6.45, 7) is 2.51. The third-order valence-electron chi connectivity index (χ3n) is 6.18. The first-order valence-electron chi connectivity index (χ1n) is 13.2. The van der Waals surface area contributed by atoms with Gasteiger partial charge in [-0.3, -0.25) is 0 Å². The molecule has 0 bridgehead atoms. The van der Waals surface area contributed by atoms with Crippen molar-refractivity contribution in [1.29, 1.82) is 0 Å². The van der Waals surface area contributed by atoms with Crippen LogP contribution in [0.25, 0.3) is 0 Å². The number of hydrogen-bond donors (Lipinski definition) is 1. The summed E-state index contributed by atoms with van der Waals surface area (Å²) in [5.74, 6) is -0.705. The van der Waals surface area contributed by atoms with E-state index in [0.717, 1.165) is 18.4 Å². The Kier molecular flexibility index (Phi) is 14.1. The molecule has 0 amide bonds. The standard InChI is InChI=1S/C29H44O4/c1-2-3-4-5-6-7-8-9-10-11-12-13-14-15-16-20-23-26-27(30)28(29(31)33-26)32-24-25-21-18-17-19-22-25/h15-19,21-22,26,30H,2-14,20,23-24H2,1H3. The summed E-state index contributed by atoms with van der Waals surface area (Å²) in [6.07, 6.45) is 22.6. The van der Waals surface area contributed by atoms with Crippen molar-refractivity contribution in [2.24, 2.45) is 0 Å². The van der Waals surface area contributed by atoms with Gasteiger partial charge in [0.1, 0.15) is 6.61 Å². The Bertz CT molecular complexity index is 708. The zero-order chi connectivity index (χ0) is 23.6. The highest BCUT2D eigenvalue weighted by molar-refractivity contribution is 5.89. The molecule has 1 aliphatic rings. The SMILES string of the molecule is CCCCCCCCCCCCCCC=CCCC1OC(=O)C(OCc2ccccc2)=C1O. The minimum absolute atomic E-state index is 0.0516. The van der Waals surface area contributed by atoms with Crippen LogP contribution in [0.3, 0.4) is 0 Å². The molecule has 33 heavy (non-hydrogen) atoms. The molecule has 0 aliphatic carbocycles. The number of unbranched alkanes of at least 4 members (excludes halogenated alkanes) is 12. The van der Waals surface area contributed by atoms with Crippen molar-refractivity contribution in [3.63, 3.8) is 0 Å². The van der Waals surface area contributed by atoms with Gasteiger partial charge >= 0.3 is 5.97 Å². The molecule has 1 aliphatic heterocycles. The number of carbonyl (C=O) groups is 1. The molecule has 0 saturated heterocycles. The minimum atomic E-state index is -0.598. The summed E-state index contributed by atoms with van der Waals surface area (Å²) in [5.41, 5.74) is 0.940. The Morgan fingerprint density at radius 2 is 1.42 bits per heavy atom. The predicted octanol–water partition coefficient (Wildman–Crippen LogP) is 8.33. The topological polar surface area (TPSA) is 55.8 Å². The normalized spacial score (nSPS) is 16.0. The average molecular weight is 457 g/mol. The van der Waals surface area contributed by atoms with Crippen LogP contribution in [0.5, 0.6) is 0 Å². The first kappa shape index (κ1) is 27.0. The van der Waals surface area contributed by atoms with Gasteiger partial charge < -0.3 is 14.6 Å². The third-order valence-corrected chi connectivity index (χ3v) is 6.18. The van der Waals surface area contributed by atoms with Crippen LogP contribution in [0.4, 0.5) is 0 Å². The van der Waals surface area contributed by atoms with Gasteiger partial charge in [-0.05, 0) is 31.2 Å². The quantitative estimate of drug-likeness (QED) is 0.129. The lowest BCUT2D eigenvalue weighted by Gasteiger charge is -2.07. The van der Waals surface area contributed by atoms with Crippen LogP contribution in [-0.4, -0.2) is 17.2 Å². The van der Waals surface area contributed by atoms with Crippen LogP contribution in [0.15, 0.2) is 54.0 Å². The van der Waals surface area contributed by atoms with Crippen LogP contribution in [0, 0.1) is 0 Å². The molecule has 1 unspecified atom stereocenters. The van der Waals surface area contributed by atoms with Gasteiger partial charge in [-0.25, -0.2) is 4.79 Å². The van der Waals surface area contributed by atoms with Gasteiger partial charge in [-0.1, -0.05) is 120 Å². The molecule has 2 rings (SSSR count). The lowest BCUT2D eigenvalue weighted by Crippen LogP contribution is -2.10. The smallest absolute Gasteiger partial charge is 0.378 e. The maximum atomic E-state index is 12.0. The van der Waals surface area contributed by atoms with Gasteiger partial charge in [0.05, 0.1) is 0 Å². The zero-order valence-electron chi connectivity index (χ0n) is 20.6. The second kappa shape index (κ2) is 17.3. The highest BCUT2D eigenvalue weighted by atomic mass is 16.6.